The highest BCUT2D eigenvalue weighted by Gasteiger charge is 2.22. The molecular formula is C19H14ClN3O2S. The number of halogens is 1. The first-order valence-electron chi connectivity index (χ1n) is 7.92. The third-order valence-electron chi connectivity index (χ3n) is 3.96. The molecule has 5 nitrogen and oxygen atoms in total. The fourth-order valence-electron chi connectivity index (χ4n) is 2.68. The Labute approximate surface area is 158 Å². The smallest absolute Gasteiger partial charge is 0.263 e. The summed E-state index contributed by atoms with van der Waals surface area (Å²) >= 11 is 7.37. The van der Waals surface area contributed by atoms with E-state index in [9.17, 15) is 4.79 Å². The molecule has 0 spiro atoms. The van der Waals surface area contributed by atoms with Crippen molar-refractivity contribution in [3.63, 3.8) is 0 Å². The average molecular weight is 384 g/mol. The maximum absolute atomic E-state index is 12.8. The lowest BCUT2D eigenvalue weighted by Crippen LogP contribution is -2.13. The van der Waals surface area contributed by atoms with Crippen LogP contribution in [0.3, 0.4) is 0 Å². The predicted molar refractivity (Wildman–Crippen MR) is 104 cm³/mol. The molecule has 0 atom stereocenters. The predicted octanol–water partition coefficient (Wildman–Crippen LogP) is 5.47. The Kier molecular flexibility index (Phi) is 4.22. The molecule has 0 aliphatic heterocycles. The number of aromatic nitrogens is 2. The minimum Gasteiger partial charge on any atom is -0.355 e. The summed E-state index contributed by atoms with van der Waals surface area (Å²) in [6.45, 7) is 3.76. The molecule has 4 rings (SSSR count). The van der Waals surface area contributed by atoms with Crippen LogP contribution in [0.1, 0.15) is 21.6 Å². The number of hydrogen-bond donors (Lipinski definition) is 1. The highest BCUT2D eigenvalue weighted by molar-refractivity contribution is 7.22. The molecule has 0 fully saturated rings. The largest absolute Gasteiger partial charge is 0.355 e. The molecule has 130 valence electrons. The monoisotopic (exact) mass is 383 g/mol. The zero-order chi connectivity index (χ0) is 18.3. The van der Waals surface area contributed by atoms with Crippen molar-refractivity contribution in [1.82, 2.24) is 10.1 Å². The Morgan fingerprint density at radius 3 is 2.69 bits per heavy atom. The molecule has 26 heavy (non-hydrogen) atoms. The second-order valence-electron chi connectivity index (χ2n) is 5.92. The average Bonchev–Trinajstić information content (AvgIpc) is 3.18. The number of nitrogens with zero attached hydrogens (tertiary/aromatic N) is 2. The van der Waals surface area contributed by atoms with E-state index < -0.39 is 0 Å². The van der Waals surface area contributed by atoms with Crippen molar-refractivity contribution >= 4 is 44.2 Å². The van der Waals surface area contributed by atoms with E-state index in [-0.39, 0.29) is 5.91 Å². The molecule has 2 heterocycles. The summed E-state index contributed by atoms with van der Waals surface area (Å²) in [4.78, 5) is 17.3. The Balaban J connectivity index is 1.67. The number of carbonyl (C=O) groups excluding carboxylic acids is 1. The third kappa shape index (κ3) is 3.09. The summed E-state index contributed by atoms with van der Waals surface area (Å²) in [7, 11) is 0. The lowest BCUT2D eigenvalue weighted by molar-refractivity contribution is 0.102. The lowest BCUT2D eigenvalue weighted by Gasteiger charge is -2.03. The first kappa shape index (κ1) is 16.8. The molecule has 0 saturated heterocycles. The third-order valence-corrected chi connectivity index (χ3v) is 5.15. The minimum atomic E-state index is -0.301. The molecule has 1 N–H and O–H groups in total. The summed E-state index contributed by atoms with van der Waals surface area (Å²) in [5, 5.41) is 7.96. The Hall–Kier alpha value is -2.70. The van der Waals surface area contributed by atoms with Crippen LogP contribution in [0.25, 0.3) is 21.5 Å². The number of fused-ring (bicyclic) bond motifs is 1. The molecule has 7 heteroatoms. The number of thiazole rings is 1. The van der Waals surface area contributed by atoms with E-state index in [1.165, 1.54) is 11.3 Å². The number of amides is 1. The van der Waals surface area contributed by atoms with Gasteiger partial charge in [-0.15, -0.1) is 0 Å². The van der Waals surface area contributed by atoms with Crippen LogP contribution in [0.5, 0.6) is 0 Å². The van der Waals surface area contributed by atoms with Gasteiger partial charge in [-0.25, -0.2) is 4.98 Å². The molecule has 2 aromatic carbocycles. The Morgan fingerprint density at radius 1 is 1.15 bits per heavy atom. The van der Waals surface area contributed by atoms with Crippen molar-refractivity contribution in [3.05, 3.63) is 64.3 Å². The van der Waals surface area contributed by atoms with E-state index in [0.29, 0.717) is 27.2 Å². The Bertz CT molecular complexity index is 1120. The van der Waals surface area contributed by atoms with Gasteiger partial charge >= 0.3 is 0 Å². The van der Waals surface area contributed by atoms with Crippen molar-refractivity contribution in [1.29, 1.82) is 0 Å². The molecule has 0 radical (unpaired) electrons. The van der Waals surface area contributed by atoms with Gasteiger partial charge in [-0.1, -0.05) is 34.2 Å². The van der Waals surface area contributed by atoms with Gasteiger partial charge in [0.1, 0.15) is 5.56 Å². The first-order valence-corrected chi connectivity index (χ1v) is 9.11. The van der Waals surface area contributed by atoms with E-state index in [2.05, 4.69) is 15.5 Å². The number of rotatable bonds is 3. The van der Waals surface area contributed by atoms with E-state index in [1.54, 1.807) is 31.2 Å². The van der Waals surface area contributed by atoms with Gasteiger partial charge in [0, 0.05) is 10.6 Å². The molecule has 0 saturated carbocycles. The van der Waals surface area contributed by atoms with Crippen molar-refractivity contribution < 1.29 is 9.32 Å². The van der Waals surface area contributed by atoms with Gasteiger partial charge in [0.15, 0.2) is 10.9 Å². The standard InChI is InChI=1S/C19H14ClN3O2S/c1-10-3-8-14-15(9-10)26-19(21-14)22-18(24)16-11(2)23-25-17(16)12-4-6-13(20)7-5-12/h3-9H,1-2H3,(H,21,22,24). The van der Waals surface area contributed by atoms with Crippen molar-refractivity contribution in [2.45, 2.75) is 13.8 Å². The summed E-state index contributed by atoms with van der Waals surface area (Å²) in [5.74, 6) is 0.109. The Morgan fingerprint density at radius 2 is 1.92 bits per heavy atom. The zero-order valence-corrected chi connectivity index (χ0v) is 15.6. The lowest BCUT2D eigenvalue weighted by atomic mass is 10.1. The molecular weight excluding hydrogens is 370 g/mol. The van der Waals surface area contributed by atoms with Gasteiger partial charge in [-0.3, -0.25) is 10.1 Å². The zero-order valence-electron chi connectivity index (χ0n) is 14.0. The maximum Gasteiger partial charge on any atom is 0.263 e. The summed E-state index contributed by atoms with van der Waals surface area (Å²) < 4.78 is 6.41. The molecule has 1 amide bonds. The molecule has 0 aliphatic rings. The van der Waals surface area contributed by atoms with Gasteiger partial charge in [0.05, 0.1) is 15.9 Å². The summed E-state index contributed by atoms with van der Waals surface area (Å²) in [5.41, 5.74) is 3.65. The molecule has 0 unspecified atom stereocenters. The van der Waals surface area contributed by atoms with Gasteiger partial charge in [-0.05, 0) is 55.8 Å². The molecule has 4 aromatic rings. The topological polar surface area (TPSA) is 68.0 Å². The first-order chi connectivity index (χ1) is 12.5. The molecule has 0 aliphatic carbocycles. The van der Waals surface area contributed by atoms with Crippen LogP contribution >= 0.6 is 22.9 Å². The number of nitrogens with one attached hydrogen (secondary N) is 1. The fourth-order valence-corrected chi connectivity index (χ4v) is 3.77. The minimum absolute atomic E-state index is 0.301. The van der Waals surface area contributed by atoms with Gasteiger partial charge in [-0.2, -0.15) is 0 Å². The number of anilines is 1. The van der Waals surface area contributed by atoms with Crippen LogP contribution in [-0.4, -0.2) is 16.0 Å². The normalized spacial score (nSPS) is 11.0. The SMILES string of the molecule is Cc1ccc2nc(NC(=O)c3c(C)noc3-c3ccc(Cl)cc3)sc2c1. The fraction of sp³-hybridized carbons (Fsp3) is 0.105. The van der Waals surface area contributed by atoms with Crippen LogP contribution in [-0.2, 0) is 0 Å². The highest BCUT2D eigenvalue weighted by Crippen LogP contribution is 2.30. The second kappa shape index (κ2) is 6.55. The van der Waals surface area contributed by atoms with E-state index in [0.717, 1.165) is 21.3 Å². The van der Waals surface area contributed by atoms with E-state index in [1.807, 2.05) is 25.1 Å². The number of benzene rings is 2. The molecule has 2 aromatic heterocycles. The van der Waals surface area contributed by atoms with E-state index in [4.69, 9.17) is 16.1 Å². The second-order valence-corrected chi connectivity index (χ2v) is 7.39. The van der Waals surface area contributed by atoms with Crippen LogP contribution in [0.15, 0.2) is 47.0 Å². The van der Waals surface area contributed by atoms with E-state index >= 15 is 0 Å². The van der Waals surface area contributed by atoms with Gasteiger partial charge in [0.2, 0.25) is 0 Å². The number of hydrogen-bond acceptors (Lipinski definition) is 5. The highest BCUT2D eigenvalue weighted by atomic mass is 35.5. The summed E-state index contributed by atoms with van der Waals surface area (Å²) in [6, 6.07) is 13.1. The van der Waals surface area contributed by atoms with Crippen LogP contribution in [0.4, 0.5) is 5.13 Å². The van der Waals surface area contributed by atoms with Crippen molar-refractivity contribution in [3.8, 4) is 11.3 Å². The van der Waals surface area contributed by atoms with Crippen LogP contribution in [0.2, 0.25) is 5.02 Å². The van der Waals surface area contributed by atoms with Gasteiger partial charge in [0.25, 0.3) is 5.91 Å². The molecule has 0 bridgehead atoms. The maximum atomic E-state index is 12.8. The van der Waals surface area contributed by atoms with Crippen LogP contribution < -0.4 is 5.32 Å². The van der Waals surface area contributed by atoms with Crippen molar-refractivity contribution in [2.75, 3.05) is 5.32 Å². The van der Waals surface area contributed by atoms with Crippen molar-refractivity contribution in [2.24, 2.45) is 0 Å². The quantitative estimate of drug-likeness (QED) is 0.509. The number of carbonyl (C=O) groups is 1. The number of aryl methyl sites for hydroxylation is 2. The van der Waals surface area contributed by atoms with Gasteiger partial charge < -0.3 is 4.52 Å². The van der Waals surface area contributed by atoms with Crippen LogP contribution in [0, 0.1) is 13.8 Å². The summed E-state index contributed by atoms with van der Waals surface area (Å²) in [6.07, 6.45) is 0.